The minimum atomic E-state index is -1.53. The third kappa shape index (κ3) is 3.38. The average Bonchev–Trinajstić information content (AvgIpc) is 1.98. The summed E-state index contributed by atoms with van der Waals surface area (Å²) in [5.41, 5.74) is 0. The van der Waals surface area contributed by atoms with Crippen molar-refractivity contribution >= 4 is 19.6 Å². The first kappa shape index (κ1) is 11.0. The van der Waals surface area contributed by atoms with Crippen LogP contribution in [0.2, 0.25) is 0 Å². The number of carboxylic acids is 1. The Morgan fingerprint density at radius 1 is 1.58 bits per heavy atom. The summed E-state index contributed by atoms with van der Waals surface area (Å²) in [4.78, 5) is 20.8. The van der Waals surface area contributed by atoms with Gasteiger partial charge in [0, 0.05) is 0 Å². The van der Waals surface area contributed by atoms with Gasteiger partial charge in [0.2, 0.25) is 7.85 Å². The fourth-order valence-electron chi connectivity index (χ4n) is 0.837. The van der Waals surface area contributed by atoms with E-state index >= 15 is 0 Å². The molecule has 1 unspecified atom stereocenters. The van der Waals surface area contributed by atoms with Crippen LogP contribution >= 0.6 is 0 Å². The van der Waals surface area contributed by atoms with Gasteiger partial charge in [-0.15, -0.1) is 0 Å². The standard InChI is InChI=1S/C6H12BNO4/c1-2-3(8-6(7)12)4(9)5(10)11/h3-4,9H,2,7H2,1H3,(H,8,12)(H,10,11)/t3-,4?/m0/s1. The van der Waals surface area contributed by atoms with Crippen molar-refractivity contribution in [3.8, 4) is 0 Å². The molecular formula is C6H12BNO4. The van der Waals surface area contributed by atoms with E-state index in [9.17, 15) is 9.59 Å². The number of aliphatic hydroxyl groups is 1. The van der Waals surface area contributed by atoms with E-state index in [2.05, 4.69) is 5.32 Å². The third-order valence-corrected chi connectivity index (χ3v) is 1.46. The molecule has 0 aromatic carbocycles. The highest BCUT2D eigenvalue weighted by molar-refractivity contribution is 6.57. The largest absolute Gasteiger partial charge is 0.479 e. The number of carboxylic acid groups (broad SMARTS) is 1. The normalized spacial score (nSPS) is 14.8. The SMILES string of the molecule is BC(=O)N[C@@H](CC)C(O)C(=O)O. The fraction of sp³-hybridized carbons (Fsp3) is 0.667. The second-order valence-corrected chi connectivity index (χ2v) is 2.50. The van der Waals surface area contributed by atoms with Crippen LogP contribution in [0.25, 0.3) is 0 Å². The molecule has 5 nitrogen and oxygen atoms in total. The van der Waals surface area contributed by atoms with Crippen molar-refractivity contribution in [2.24, 2.45) is 0 Å². The van der Waals surface area contributed by atoms with Crippen LogP contribution in [0, 0.1) is 0 Å². The molecule has 0 radical (unpaired) electrons. The van der Waals surface area contributed by atoms with Crippen LogP contribution in [0.4, 0.5) is 4.79 Å². The fourth-order valence-corrected chi connectivity index (χ4v) is 0.837. The molecule has 0 aromatic heterocycles. The zero-order valence-electron chi connectivity index (χ0n) is 7.07. The highest BCUT2D eigenvalue weighted by Gasteiger charge is 2.24. The molecule has 3 N–H and O–H groups in total. The monoisotopic (exact) mass is 173 g/mol. The first-order valence-electron chi connectivity index (χ1n) is 3.67. The van der Waals surface area contributed by atoms with Crippen LogP contribution in [0.3, 0.4) is 0 Å². The average molecular weight is 173 g/mol. The summed E-state index contributed by atoms with van der Waals surface area (Å²) in [5, 5.41) is 19.8. The smallest absolute Gasteiger partial charge is 0.334 e. The summed E-state index contributed by atoms with van der Waals surface area (Å²) in [5.74, 6) is -1.67. The Balaban J connectivity index is 4.14. The van der Waals surface area contributed by atoms with Crippen molar-refractivity contribution in [1.82, 2.24) is 5.32 Å². The number of aliphatic hydroxyl groups excluding tert-OH is 1. The van der Waals surface area contributed by atoms with E-state index in [-0.39, 0.29) is 5.81 Å². The maximum absolute atomic E-state index is 10.5. The van der Waals surface area contributed by atoms with Gasteiger partial charge in [-0.2, -0.15) is 0 Å². The molecule has 2 atom stereocenters. The van der Waals surface area contributed by atoms with Crippen LogP contribution < -0.4 is 5.32 Å². The van der Waals surface area contributed by atoms with E-state index in [1.165, 1.54) is 7.85 Å². The molecule has 68 valence electrons. The van der Waals surface area contributed by atoms with E-state index in [1.807, 2.05) is 0 Å². The van der Waals surface area contributed by atoms with Crippen molar-refractivity contribution in [1.29, 1.82) is 0 Å². The first-order valence-corrected chi connectivity index (χ1v) is 3.67. The Bertz CT molecular complexity index is 184. The second-order valence-electron chi connectivity index (χ2n) is 2.50. The maximum Gasteiger partial charge on any atom is 0.334 e. The van der Waals surface area contributed by atoms with Gasteiger partial charge in [0.05, 0.1) is 6.04 Å². The minimum absolute atomic E-state index is 0.345. The predicted octanol–water partition coefficient (Wildman–Crippen LogP) is -1.45. The Morgan fingerprint density at radius 2 is 2.08 bits per heavy atom. The summed E-state index contributed by atoms with van der Waals surface area (Å²) < 4.78 is 0. The Morgan fingerprint density at radius 3 is 2.33 bits per heavy atom. The van der Waals surface area contributed by atoms with Gasteiger partial charge >= 0.3 is 5.97 Å². The third-order valence-electron chi connectivity index (χ3n) is 1.46. The number of rotatable bonds is 4. The minimum Gasteiger partial charge on any atom is -0.479 e. The molecule has 0 rings (SSSR count). The number of carbonyl (C=O) groups excluding carboxylic acids is 1. The van der Waals surface area contributed by atoms with Crippen molar-refractivity contribution in [2.45, 2.75) is 25.5 Å². The number of carbonyl (C=O) groups is 2. The molecular weight excluding hydrogens is 161 g/mol. The van der Waals surface area contributed by atoms with E-state index in [4.69, 9.17) is 10.2 Å². The number of amides is 1. The van der Waals surface area contributed by atoms with Gasteiger partial charge in [-0.1, -0.05) is 6.92 Å². The zero-order valence-corrected chi connectivity index (χ0v) is 7.07. The molecule has 0 aliphatic heterocycles. The molecule has 0 aromatic rings. The zero-order chi connectivity index (χ0) is 9.72. The summed E-state index contributed by atoms with van der Waals surface area (Å²) >= 11 is 0. The summed E-state index contributed by atoms with van der Waals surface area (Å²) in [6.07, 6.45) is -1.15. The molecule has 0 aliphatic rings. The molecule has 0 fully saturated rings. The highest BCUT2D eigenvalue weighted by Crippen LogP contribution is 1.98. The predicted molar refractivity (Wildman–Crippen MR) is 44.8 cm³/mol. The molecule has 1 amide bonds. The van der Waals surface area contributed by atoms with Crippen LogP contribution in [0.15, 0.2) is 0 Å². The van der Waals surface area contributed by atoms with E-state index in [0.29, 0.717) is 6.42 Å². The van der Waals surface area contributed by atoms with Crippen LogP contribution in [0.1, 0.15) is 13.3 Å². The Hall–Kier alpha value is -1.04. The van der Waals surface area contributed by atoms with Gasteiger partial charge in [-0.3, -0.25) is 4.79 Å². The van der Waals surface area contributed by atoms with Crippen molar-refractivity contribution < 1.29 is 19.8 Å². The lowest BCUT2D eigenvalue weighted by atomic mass is 10.0. The summed E-state index contributed by atoms with van der Waals surface area (Å²) in [6, 6.07) is -0.708. The second kappa shape index (κ2) is 4.76. The molecule has 6 heteroatoms. The Kier molecular flexibility index (Phi) is 4.35. The van der Waals surface area contributed by atoms with Gasteiger partial charge in [-0.25, -0.2) is 4.79 Å². The lowest BCUT2D eigenvalue weighted by molar-refractivity contribution is -0.148. The number of hydrogen-bond donors (Lipinski definition) is 3. The van der Waals surface area contributed by atoms with Crippen LogP contribution in [-0.2, 0) is 4.79 Å². The van der Waals surface area contributed by atoms with Gasteiger partial charge < -0.3 is 15.5 Å². The molecule has 0 saturated carbocycles. The molecule has 0 aliphatic carbocycles. The quantitative estimate of drug-likeness (QED) is 0.454. The molecule has 0 spiro atoms. The van der Waals surface area contributed by atoms with Gasteiger partial charge in [0.1, 0.15) is 0 Å². The topological polar surface area (TPSA) is 86.6 Å². The lowest BCUT2D eigenvalue weighted by Gasteiger charge is -2.18. The van der Waals surface area contributed by atoms with Crippen molar-refractivity contribution in [2.75, 3.05) is 0 Å². The van der Waals surface area contributed by atoms with E-state index in [0.717, 1.165) is 0 Å². The summed E-state index contributed by atoms with van der Waals surface area (Å²) in [7, 11) is 1.28. The van der Waals surface area contributed by atoms with Gasteiger partial charge in [0.15, 0.2) is 11.9 Å². The van der Waals surface area contributed by atoms with Crippen molar-refractivity contribution in [3.05, 3.63) is 0 Å². The number of hydrogen-bond acceptors (Lipinski definition) is 3. The number of nitrogens with one attached hydrogen (secondary N) is 1. The molecule has 0 heterocycles. The molecule has 0 bridgehead atoms. The van der Waals surface area contributed by atoms with E-state index < -0.39 is 18.1 Å². The summed E-state index contributed by atoms with van der Waals surface area (Å²) in [6.45, 7) is 1.69. The lowest BCUT2D eigenvalue weighted by Crippen LogP contribution is -2.46. The molecule has 0 saturated heterocycles. The van der Waals surface area contributed by atoms with Crippen LogP contribution in [0.5, 0.6) is 0 Å². The highest BCUT2D eigenvalue weighted by atomic mass is 16.4. The molecule has 12 heavy (non-hydrogen) atoms. The van der Waals surface area contributed by atoms with Gasteiger partial charge in [0.25, 0.3) is 0 Å². The van der Waals surface area contributed by atoms with E-state index in [1.54, 1.807) is 6.92 Å². The Labute approximate surface area is 71.2 Å². The van der Waals surface area contributed by atoms with Crippen LogP contribution in [-0.4, -0.2) is 42.0 Å². The number of aliphatic carboxylic acids is 1. The van der Waals surface area contributed by atoms with Gasteiger partial charge in [-0.05, 0) is 6.42 Å². The first-order chi connectivity index (χ1) is 5.49. The van der Waals surface area contributed by atoms with Crippen molar-refractivity contribution in [3.63, 3.8) is 0 Å². The maximum atomic E-state index is 10.5.